The second-order valence-corrected chi connectivity index (χ2v) is 4.80. The molecule has 0 aliphatic heterocycles. The van der Waals surface area contributed by atoms with Gasteiger partial charge in [-0.15, -0.1) is 0 Å². The van der Waals surface area contributed by atoms with Crippen molar-refractivity contribution in [1.29, 1.82) is 0 Å². The average molecular weight is 314 g/mol. The first kappa shape index (κ1) is 9.99. The summed E-state index contributed by atoms with van der Waals surface area (Å²) >= 11 is 6.98. The molecule has 2 aromatic rings. The Kier molecular flexibility index (Phi) is 2.79. The number of aryl methyl sites for hydroxylation is 1. The number of nitrogens with zero attached hydrogens (tertiary/aromatic N) is 1. The van der Waals surface area contributed by atoms with E-state index in [-0.39, 0.29) is 0 Å². The zero-order chi connectivity index (χ0) is 10.1. The number of halogens is 2. The predicted octanol–water partition coefficient (Wildman–Crippen LogP) is 4.02. The molecule has 1 heterocycles. The van der Waals surface area contributed by atoms with Gasteiger partial charge in [-0.25, -0.2) is 0 Å². The van der Waals surface area contributed by atoms with Crippen LogP contribution in [0.1, 0.15) is 0 Å². The smallest absolute Gasteiger partial charge is 0.0650 e. The van der Waals surface area contributed by atoms with Gasteiger partial charge in [0.15, 0.2) is 0 Å². The van der Waals surface area contributed by atoms with Crippen LogP contribution in [0.15, 0.2) is 39.3 Å². The SMILES string of the molecule is Cn1[c]ccc1-c1ccc(Br)cc1Br. The Morgan fingerprint density at radius 1 is 1.21 bits per heavy atom. The molecule has 0 bridgehead atoms. The highest BCUT2D eigenvalue weighted by molar-refractivity contribution is 9.11. The zero-order valence-electron chi connectivity index (χ0n) is 7.59. The Bertz CT molecular complexity index is 460. The van der Waals surface area contributed by atoms with Gasteiger partial charge in [0.25, 0.3) is 0 Å². The summed E-state index contributed by atoms with van der Waals surface area (Å²) in [7, 11) is 1.99. The normalized spacial score (nSPS) is 10.5. The molecule has 2 rings (SSSR count). The highest BCUT2D eigenvalue weighted by Crippen LogP contribution is 2.30. The van der Waals surface area contributed by atoms with Crippen LogP contribution in [-0.4, -0.2) is 4.57 Å². The molecule has 14 heavy (non-hydrogen) atoms. The van der Waals surface area contributed by atoms with E-state index in [0.717, 1.165) is 14.6 Å². The highest BCUT2D eigenvalue weighted by Gasteiger charge is 2.05. The fourth-order valence-corrected chi connectivity index (χ4v) is 2.63. The molecule has 1 radical (unpaired) electrons. The van der Waals surface area contributed by atoms with Crippen molar-refractivity contribution in [3.05, 3.63) is 45.5 Å². The first-order chi connectivity index (χ1) is 6.68. The Morgan fingerprint density at radius 3 is 2.57 bits per heavy atom. The average Bonchev–Trinajstić information content (AvgIpc) is 2.52. The quantitative estimate of drug-likeness (QED) is 0.749. The van der Waals surface area contributed by atoms with E-state index in [1.165, 1.54) is 5.56 Å². The summed E-state index contributed by atoms with van der Waals surface area (Å²) in [6.45, 7) is 0. The van der Waals surface area contributed by atoms with Crippen LogP contribution in [0.3, 0.4) is 0 Å². The largest absolute Gasteiger partial charge is 0.342 e. The molecule has 0 saturated heterocycles. The fourth-order valence-electron chi connectivity index (χ4n) is 1.38. The summed E-state index contributed by atoms with van der Waals surface area (Å²) < 4.78 is 4.14. The van der Waals surface area contributed by atoms with Crippen molar-refractivity contribution in [2.75, 3.05) is 0 Å². The van der Waals surface area contributed by atoms with Gasteiger partial charge in [-0.3, -0.25) is 0 Å². The third kappa shape index (κ3) is 1.79. The lowest BCUT2D eigenvalue weighted by molar-refractivity contribution is 0.928. The van der Waals surface area contributed by atoms with E-state index in [2.05, 4.69) is 44.1 Å². The second-order valence-electron chi connectivity index (χ2n) is 3.03. The fraction of sp³-hybridized carbons (Fsp3) is 0.0909. The molecule has 0 N–H and O–H groups in total. The molecule has 0 aliphatic carbocycles. The Balaban J connectivity index is 2.58. The molecule has 0 saturated carbocycles. The minimum absolute atomic E-state index is 1.08. The van der Waals surface area contributed by atoms with Crippen molar-refractivity contribution >= 4 is 31.9 Å². The van der Waals surface area contributed by atoms with Crippen LogP contribution in [-0.2, 0) is 7.05 Å². The Labute approximate surface area is 100 Å². The summed E-state index contributed by atoms with van der Waals surface area (Å²) in [5.74, 6) is 0. The van der Waals surface area contributed by atoms with Crippen molar-refractivity contribution in [2.24, 2.45) is 7.05 Å². The monoisotopic (exact) mass is 312 g/mol. The van der Waals surface area contributed by atoms with Gasteiger partial charge >= 0.3 is 0 Å². The first-order valence-corrected chi connectivity index (χ1v) is 5.76. The maximum absolute atomic E-state index is 3.55. The predicted molar refractivity (Wildman–Crippen MR) is 65.1 cm³/mol. The van der Waals surface area contributed by atoms with Crippen molar-refractivity contribution in [1.82, 2.24) is 4.57 Å². The molecule has 71 valence electrons. The minimum Gasteiger partial charge on any atom is -0.342 e. The van der Waals surface area contributed by atoms with Crippen molar-refractivity contribution < 1.29 is 0 Å². The topological polar surface area (TPSA) is 4.93 Å². The third-order valence-electron chi connectivity index (χ3n) is 2.08. The molecular formula is C11H8Br2N. The van der Waals surface area contributed by atoms with Gasteiger partial charge in [0, 0.05) is 27.3 Å². The maximum Gasteiger partial charge on any atom is 0.0650 e. The number of rotatable bonds is 1. The van der Waals surface area contributed by atoms with Gasteiger partial charge in [-0.05, 0) is 24.3 Å². The number of aromatic nitrogens is 1. The van der Waals surface area contributed by atoms with Crippen LogP contribution in [0.2, 0.25) is 0 Å². The first-order valence-electron chi connectivity index (χ1n) is 4.17. The van der Waals surface area contributed by atoms with Crippen LogP contribution in [0.4, 0.5) is 0 Å². The van der Waals surface area contributed by atoms with Crippen molar-refractivity contribution in [3.8, 4) is 11.3 Å². The third-order valence-corrected chi connectivity index (χ3v) is 3.23. The molecule has 0 amide bonds. The Morgan fingerprint density at radius 2 is 2.00 bits per heavy atom. The number of hydrogen-bond donors (Lipinski definition) is 0. The van der Waals surface area contributed by atoms with Crippen LogP contribution in [0.25, 0.3) is 11.3 Å². The van der Waals surface area contributed by atoms with Gasteiger partial charge in [0.1, 0.15) is 0 Å². The van der Waals surface area contributed by atoms with E-state index in [9.17, 15) is 0 Å². The maximum atomic E-state index is 3.55. The van der Waals surface area contributed by atoms with E-state index in [1.807, 2.05) is 35.9 Å². The standard InChI is InChI=1S/C11H8Br2N/c1-14-6-2-3-11(14)9-5-4-8(12)7-10(9)13/h2-5,7H,1H3. The zero-order valence-corrected chi connectivity index (χ0v) is 10.8. The van der Waals surface area contributed by atoms with Gasteiger partial charge in [-0.2, -0.15) is 0 Å². The van der Waals surface area contributed by atoms with Crippen LogP contribution in [0.5, 0.6) is 0 Å². The molecule has 0 atom stereocenters. The van der Waals surface area contributed by atoms with Crippen molar-refractivity contribution in [2.45, 2.75) is 0 Å². The number of benzene rings is 1. The molecule has 1 aromatic heterocycles. The van der Waals surface area contributed by atoms with E-state index in [1.54, 1.807) is 0 Å². The summed E-state index contributed by atoms with van der Waals surface area (Å²) in [6, 6.07) is 10.1. The summed E-state index contributed by atoms with van der Waals surface area (Å²) in [4.78, 5) is 0. The lowest BCUT2D eigenvalue weighted by atomic mass is 10.1. The van der Waals surface area contributed by atoms with Crippen LogP contribution in [0, 0.1) is 6.20 Å². The van der Waals surface area contributed by atoms with E-state index >= 15 is 0 Å². The lowest BCUT2D eigenvalue weighted by Gasteiger charge is -2.06. The molecule has 0 spiro atoms. The van der Waals surface area contributed by atoms with Crippen LogP contribution >= 0.6 is 31.9 Å². The molecule has 1 aromatic carbocycles. The molecule has 0 aliphatic rings. The minimum atomic E-state index is 1.08. The molecule has 0 fully saturated rings. The second kappa shape index (κ2) is 3.91. The summed E-state index contributed by atoms with van der Waals surface area (Å²) in [5, 5.41) is 0. The molecule has 1 nitrogen and oxygen atoms in total. The lowest BCUT2D eigenvalue weighted by Crippen LogP contribution is -1.90. The Hall–Kier alpha value is -0.540. The summed E-state index contributed by atoms with van der Waals surface area (Å²) in [6.07, 6.45) is 3.09. The molecule has 0 unspecified atom stereocenters. The van der Waals surface area contributed by atoms with Crippen molar-refractivity contribution in [3.63, 3.8) is 0 Å². The van der Waals surface area contributed by atoms with Crippen LogP contribution < -0.4 is 0 Å². The molecule has 3 heteroatoms. The van der Waals surface area contributed by atoms with Gasteiger partial charge in [-0.1, -0.05) is 37.9 Å². The van der Waals surface area contributed by atoms with E-state index in [4.69, 9.17) is 0 Å². The van der Waals surface area contributed by atoms with E-state index in [0.29, 0.717) is 0 Å². The van der Waals surface area contributed by atoms with E-state index < -0.39 is 0 Å². The highest BCUT2D eigenvalue weighted by atomic mass is 79.9. The van der Waals surface area contributed by atoms with Gasteiger partial charge in [0.2, 0.25) is 0 Å². The molecular weight excluding hydrogens is 306 g/mol. The number of hydrogen-bond acceptors (Lipinski definition) is 0. The summed E-state index contributed by atoms with van der Waals surface area (Å²) in [5.41, 5.74) is 2.33. The van der Waals surface area contributed by atoms with Gasteiger partial charge < -0.3 is 4.57 Å². The van der Waals surface area contributed by atoms with Gasteiger partial charge in [0.05, 0.1) is 6.20 Å².